The highest BCUT2D eigenvalue weighted by molar-refractivity contribution is 6.32. The number of ether oxygens (including phenoxy) is 3. The first-order chi connectivity index (χ1) is 14.5. The Morgan fingerprint density at radius 2 is 2.23 bits per heavy atom. The molecule has 1 unspecified atom stereocenters. The number of rotatable bonds is 7. The van der Waals surface area contributed by atoms with Crippen LogP contribution in [0, 0.1) is 0 Å². The lowest BCUT2D eigenvalue weighted by atomic mass is 10.1. The summed E-state index contributed by atoms with van der Waals surface area (Å²) in [5.41, 5.74) is 2.02. The average Bonchev–Trinajstić information content (AvgIpc) is 3.19. The molecule has 1 aliphatic heterocycles. The first kappa shape index (κ1) is 22.2. The van der Waals surface area contributed by atoms with Crippen LogP contribution in [0.5, 0.6) is 11.5 Å². The van der Waals surface area contributed by atoms with Crippen LogP contribution < -0.4 is 14.8 Å². The van der Waals surface area contributed by atoms with Crippen molar-refractivity contribution in [3.8, 4) is 11.5 Å². The molecule has 164 valence electrons. The lowest BCUT2D eigenvalue weighted by Crippen LogP contribution is -2.48. The second-order valence-electron chi connectivity index (χ2n) is 6.96. The van der Waals surface area contributed by atoms with Crippen LogP contribution in [0.25, 0.3) is 0 Å². The van der Waals surface area contributed by atoms with E-state index in [4.69, 9.17) is 30.8 Å². The van der Waals surface area contributed by atoms with Gasteiger partial charge in [0, 0.05) is 31.9 Å². The second-order valence-corrected chi connectivity index (χ2v) is 7.37. The number of benzene rings is 1. The van der Waals surface area contributed by atoms with Gasteiger partial charge in [-0.05, 0) is 31.5 Å². The number of hydrogen-bond donors (Lipinski definition) is 1. The van der Waals surface area contributed by atoms with Crippen LogP contribution in [0.3, 0.4) is 0 Å². The highest BCUT2D eigenvalue weighted by Crippen LogP contribution is 2.36. The van der Waals surface area contributed by atoms with Gasteiger partial charge in [0.15, 0.2) is 17.5 Å². The minimum Gasteiger partial charge on any atom is -0.493 e. The Hall–Kier alpha value is -2.45. The van der Waals surface area contributed by atoms with Gasteiger partial charge >= 0.3 is 0 Å². The lowest BCUT2D eigenvalue weighted by Gasteiger charge is -2.34. The first-order valence-corrected chi connectivity index (χ1v) is 10.6. The van der Waals surface area contributed by atoms with Crippen LogP contribution in [0.1, 0.15) is 31.1 Å². The van der Waals surface area contributed by atoms with Gasteiger partial charge in [-0.15, -0.1) is 0 Å². The molecule has 1 aromatic heterocycles. The Morgan fingerprint density at radius 1 is 1.40 bits per heavy atom. The largest absolute Gasteiger partial charge is 0.493 e. The monoisotopic (exact) mass is 435 g/mol. The fourth-order valence-corrected chi connectivity index (χ4v) is 3.68. The smallest absolute Gasteiger partial charge is 0.194 e. The lowest BCUT2D eigenvalue weighted by molar-refractivity contribution is -0.00805. The number of methoxy groups -OCH3 is 1. The van der Waals surface area contributed by atoms with Crippen molar-refractivity contribution in [1.82, 2.24) is 20.0 Å². The molecule has 2 aromatic rings. The van der Waals surface area contributed by atoms with Gasteiger partial charge in [0.05, 0.1) is 44.6 Å². The third-order valence-electron chi connectivity index (χ3n) is 4.79. The molecular formula is C21H30ClN5O3. The van der Waals surface area contributed by atoms with Crippen molar-refractivity contribution in [2.75, 3.05) is 40.0 Å². The first-order valence-electron chi connectivity index (χ1n) is 10.2. The van der Waals surface area contributed by atoms with E-state index >= 15 is 0 Å². The summed E-state index contributed by atoms with van der Waals surface area (Å²) in [6.07, 6.45) is 3.81. The summed E-state index contributed by atoms with van der Waals surface area (Å²) in [5.74, 6) is 2.02. The van der Waals surface area contributed by atoms with E-state index in [9.17, 15) is 0 Å². The molecule has 1 fully saturated rings. The Labute approximate surface area is 182 Å². The normalized spacial score (nSPS) is 17.2. The number of morpholine rings is 1. The predicted molar refractivity (Wildman–Crippen MR) is 117 cm³/mol. The minimum atomic E-state index is -0.0312. The van der Waals surface area contributed by atoms with Crippen LogP contribution in [-0.4, -0.2) is 60.6 Å². The zero-order valence-electron chi connectivity index (χ0n) is 18.0. The van der Waals surface area contributed by atoms with E-state index in [1.165, 1.54) is 0 Å². The fraction of sp³-hybridized carbons (Fsp3) is 0.524. The topological polar surface area (TPSA) is 73.1 Å². The van der Waals surface area contributed by atoms with Gasteiger partial charge < -0.3 is 24.4 Å². The molecule has 2 heterocycles. The molecule has 30 heavy (non-hydrogen) atoms. The number of nitrogens with zero attached hydrogens (tertiary/aromatic N) is 4. The molecule has 9 heteroatoms. The Balaban J connectivity index is 1.76. The predicted octanol–water partition coefficient (Wildman–Crippen LogP) is 3.02. The number of guanidine groups is 1. The van der Waals surface area contributed by atoms with E-state index in [0.29, 0.717) is 42.8 Å². The molecule has 8 nitrogen and oxygen atoms in total. The molecule has 0 amide bonds. The molecule has 3 rings (SSSR count). The molecule has 0 spiro atoms. The molecule has 0 saturated carbocycles. The van der Waals surface area contributed by atoms with Crippen molar-refractivity contribution in [1.29, 1.82) is 0 Å². The maximum Gasteiger partial charge on any atom is 0.194 e. The number of hydrogen-bond acceptors (Lipinski definition) is 5. The molecule has 1 atom stereocenters. The van der Waals surface area contributed by atoms with Crippen LogP contribution in [0.15, 0.2) is 29.5 Å². The fourth-order valence-electron chi connectivity index (χ4n) is 3.39. The van der Waals surface area contributed by atoms with E-state index in [1.807, 2.05) is 38.5 Å². The van der Waals surface area contributed by atoms with Gasteiger partial charge in [-0.25, -0.2) is 4.99 Å². The molecule has 0 bridgehead atoms. The zero-order valence-corrected chi connectivity index (χ0v) is 18.8. The number of aliphatic imine (C=N–C) groups is 1. The summed E-state index contributed by atoms with van der Waals surface area (Å²) in [7, 11) is 3.52. The maximum absolute atomic E-state index is 6.40. The van der Waals surface area contributed by atoms with Gasteiger partial charge in [-0.1, -0.05) is 11.6 Å². The zero-order chi connectivity index (χ0) is 21.5. The molecule has 1 aliphatic rings. The van der Waals surface area contributed by atoms with Gasteiger partial charge in [0.2, 0.25) is 0 Å². The van der Waals surface area contributed by atoms with Crippen LogP contribution >= 0.6 is 11.6 Å². The number of nitrogens with one attached hydrogen (secondary N) is 1. The standard InChI is InChI=1S/C21H30ClN5O3/c1-5-23-21(27-7-8-30-19(14-27)16-12-25-26(3)13-16)24-11-15-9-17(22)20(29-6-2)18(10-15)28-4/h9-10,12-13,19H,5-8,11,14H2,1-4H3,(H,23,24). The number of halogens is 1. The van der Waals surface area contributed by atoms with Gasteiger partial charge in [0.25, 0.3) is 0 Å². The third kappa shape index (κ3) is 5.37. The van der Waals surface area contributed by atoms with E-state index in [2.05, 4.69) is 22.2 Å². The molecule has 0 aliphatic carbocycles. The Morgan fingerprint density at radius 3 is 2.90 bits per heavy atom. The third-order valence-corrected chi connectivity index (χ3v) is 5.07. The van der Waals surface area contributed by atoms with Crippen molar-refractivity contribution >= 4 is 17.6 Å². The van der Waals surface area contributed by atoms with Crippen molar-refractivity contribution in [3.05, 3.63) is 40.7 Å². The Bertz CT molecular complexity index is 870. The molecular weight excluding hydrogens is 406 g/mol. The van der Waals surface area contributed by atoms with Crippen molar-refractivity contribution in [2.45, 2.75) is 26.5 Å². The number of aryl methyl sites for hydroxylation is 1. The van der Waals surface area contributed by atoms with Crippen LogP contribution in [-0.2, 0) is 18.3 Å². The summed E-state index contributed by atoms with van der Waals surface area (Å²) in [5, 5.41) is 8.16. The van der Waals surface area contributed by atoms with Crippen LogP contribution in [0.2, 0.25) is 5.02 Å². The van der Waals surface area contributed by atoms with Gasteiger partial charge in [0.1, 0.15) is 6.10 Å². The molecule has 1 N–H and O–H groups in total. The van der Waals surface area contributed by atoms with E-state index in [1.54, 1.807) is 11.8 Å². The molecule has 0 radical (unpaired) electrons. The van der Waals surface area contributed by atoms with E-state index in [-0.39, 0.29) is 6.10 Å². The van der Waals surface area contributed by atoms with Gasteiger partial charge in [-0.3, -0.25) is 4.68 Å². The highest BCUT2D eigenvalue weighted by Gasteiger charge is 2.25. The van der Waals surface area contributed by atoms with Crippen molar-refractivity contribution in [3.63, 3.8) is 0 Å². The molecule has 1 aromatic carbocycles. The Kier molecular flexibility index (Phi) is 7.81. The minimum absolute atomic E-state index is 0.0312. The summed E-state index contributed by atoms with van der Waals surface area (Å²) in [6, 6.07) is 3.79. The van der Waals surface area contributed by atoms with Crippen LogP contribution in [0.4, 0.5) is 0 Å². The maximum atomic E-state index is 6.40. The summed E-state index contributed by atoms with van der Waals surface area (Å²) in [4.78, 5) is 7.05. The summed E-state index contributed by atoms with van der Waals surface area (Å²) >= 11 is 6.40. The summed E-state index contributed by atoms with van der Waals surface area (Å²) < 4.78 is 18.8. The quantitative estimate of drug-likeness (QED) is 0.532. The second kappa shape index (κ2) is 10.5. The molecule has 1 saturated heterocycles. The van der Waals surface area contributed by atoms with Crippen molar-refractivity contribution < 1.29 is 14.2 Å². The SMILES string of the molecule is CCNC(=NCc1cc(Cl)c(OCC)c(OC)c1)N1CCOC(c2cnn(C)c2)C1. The van der Waals surface area contributed by atoms with E-state index in [0.717, 1.165) is 30.2 Å². The van der Waals surface area contributed by atoms with Crippen molar-refractivity contribution in [2.24, 2.45) is 12.0 Å². The highest BCUT2D eigenvalue weighted by atomic mass is 35.5. The summed E-state index contributed by atoms with van der Waals surface area (Å²) in [6.45, 7) is 7.87. The van der Waals surface area contributed by atoms with Gasteiger partial charge in [-0.2, -0.15) is 5.10 Å². The number of aromatic nitrogens is 2. The average molecular weight is 436 g/mol. The van der Waals surface area contributed by atoms with E-state index < -0.39 is 0 Å².